The Bertz CT molecular complexity index is 1050. The molecule has 136 valence electrons. The van der Waals surface area contributed by atoms with E-state index >= 15 is 0 Å². The van der Waals surface area contributed by atoms with E-state index in [4.69, 9.17) is 23.2 Å². The van der Waals surface area contributed by atoms with Crippen LogP contribution >= 0.6 is 23.2 Å². The van der Waals surface area contributed by atoms with Gasteiger partial charge in [0, 0.05) is 24.2 Å². The number of hydrogen-bond acceptors (Lipinski definition) is 4. The third-order valence-electron chi connectivity index (χ3n) is 3.67. The fraction of sp³-hybridized carbons (Fsp3) is 0.0526. The Labute approximate surface area is 165 Å². The molecule has 3 rings (SSSR count). The summed E-state index contributed by atoms with van der Waals surface area (Å²) in [5.41, 5.74) is 3.42. The van der Waals surface area contributed by atoms with E-state index in [1.54, 1.807) is 55.0 Å². The molecule has 2 aromatic heterocycles. The molecular formula is C19H14Cl2N4O2. The first kappa shape index (κ1) is 18.8. The van der Waals surface area contributed by atoms with Crippen molar-refractivity contribution in [3.8, 4) is 0 Å². The van der Waals surface area contributed by atoms with Crippen LogP contribution in [-0.2, 0) is 6.54 Å². The highest BCUT2D eigenvalue weighted by Gasteiger charge is 2.12. The number of nitrogens with one attached hydrogen (secondary N) is 1. The molecule has 0 spiro atoms. The minimum Gasteiger partial charge on any atom is -0.310 e. The van der Waals surface area contributed by atoms with Gasteiger partial charge in [-0.25, -0.2) is 5.43 Å². The van der Waals surface area contributed by atoms with E-state index in [1.807, 2.05) is 0 Å². The van der Waals surface area contributed by atoms with E-state index in [1.165, 1.54) is 16.8 Å². The highest BCUT2D eigenvalue weighted by atomic mass is 35.5. The van der Waals surface area contributed by atoms with Gasteiger partial charge in [0.1, 0.15) is 5.56 Å². The highest BCUT2D eigenvalue weighted by molar-refractivity contribution is 6.42. The summed E-state index contributed by atoms with van der Waals surface area (Å²) >= 11 is 11.9. The van der Waals surface area contributed by atoms with Gasteiger partial charge in [-0.15, -0.1) is 0 Å². The first-order valence-corrected chi connectivity index (χ1v) is 8.67. The van der Waals surface area contributed by atoms with Gasteiger partial charge in [0.25, 0.3) is 11.5 Å². The number of rotatable bonds is 5. The average Bonchev–Trinajstić information content (AvgIpc) is 2.67. The molecule has 0 unspecified atom stereocenters. The number of carbonyl (C=O) groups excluding carboxylic acids is 1. The number of hydrogen-bond donors (Lipinski definition) is 1. The Morgan fingerprint density at radius 1 is 1.19 bits per heavy atom. The van der Waals surface area contributed by atoms with Crippen molar-refractivity contribution >= 4 is 35.3 Å². The first-order chi connectivity index (χ1) is 13.0. The summed E-state index contributed by atoms with van der Waals surface area (Å²) in [6.45, 7) is 0.260. The summed E-state index contributed by atoms with van der Waals surface area (Å²) in [5.74, 6) is -0.594. The molecule has 0 bridgehead atoms. The molecule has 0 radical (unpaired) electrons. The summed E-state index contributed by atoms with van der Waals surface area (Å²) in [5, 5.41) is 4.69. The number of pyridine rings is 2. The molecule has 0 aliphatic carbocycles. The number of carbonyl (C=O) groups is 1. The van der Waals surface area contributed by atoms with E-state index < -0.39 is 11.5 Å². The van der Waals surface area contributed by atoms with E-state index in [0.29, 0.717) is 10.0 Å². The Hall–Kier alpha value is -2.96. The highest BCUT2D eigenvalue weighted by Crippen LogP contribution is 2.22. The average molecular weight is 401 g/mol. The second-order valence-electron chi connectivity index (χ2n) is 5.59. The van der Waals surface area contributed by atoms with Crippen molar-refractivity contribution in [2.45, 2.75) is 6.54 Å². The Morgan fingerprint density at radius 3 is 2.78 bits per heavy atom. The number of benzene rings is 1. The number of aromatic nitrogens is 2. The predicted molar refractivity (Wildman–Crippen MR) is 106 cm³/mol. The molecule has 0 aliphatic rings. The van der Waals surface area contributed by atoms with Crippen LogP contribution in [0.3, 0.4) is 0 Å². The van der Waals surface area contributed by atoms with Gasteiger partial charge in [-0.05, 0) is 35.9 Å². The van der Waals surface area contributed by atoms with Crippen molar-refractivity contribution in [3.05, 3.63) is 98.1 Å². The summed E-state index contributed by atoms with van der Waals surface area (Å²) in [4.78, 5) is 28.8. The molecule has 1 N–H and O–H groups in total. The third-order valence-corrected chi connectivity index (χ3v) is 4.40. The van der Waals surface area contributed by atoms with Gasteiger partial charge in [0.05, 0.1) is 22.8 Å². The van der Waals surface area contributed by atoms with Crippen LogP contribution in [0.1, 0.15) is 21.5 Å². The fourth-order valence-electron chi connectivity index (χ4n) is 2.35. The number of amides is 1. The smallest absolute Gasteiger partial charge is 0.276 e. The molecule has 3 aromatic rings. The zero-order valence-electron chi connectivity index (χ0n) is 14.0. The topological polar surface area (TPSA) is 76.3 Å². The van der Waals surface area contributed by atoms with Crippen molar-refractivity contribution in [1.29, 1.82) is 0 Å². The van der Waals surface area contributed by atoms with Gasteiger partial charge in [-0.1, -0.05) is 35.3 Å². The zero-order chi connectivity index (χ0) is 19.2. The lowest BCUT2D eigenvalue weighted by molar-refractivity contribution is 0.0953. The predicted octanol–water partition coefficient (Wildman–Crippen LogP) is 3.36. The second-order valence-corrected chi connectivity index (χ2v) is 6.40. The lowest BCUT2D eigenvalue weighted by Gasteiger charge is -2.08. The lowest BCUT2D eigenvalue weighted by atomic mass is 10.2. The van der Waals surface area contributed by atoms with E-state index in [9.17, 15) is 9.59 Å². The van der Waals surface area contributed by atoms with Gasteiger partial charge in [0.15, 0.2) is 0 Å². The van der Waals surface area contributed by atoms with Gasteiger partial charge in [-0.2, -0.15) is 5.10 Å². The quantitative estimate of drug-likeness (QED) is 0.526. The molecule has 0 fully saturated rings. The Kier molecular flexibility index (Phi) is 6.01. The van der Waals surface area contributed by atoms with E-state index in [0.717, 1.165) is 11.1 Å². The summed E-state index contributed by atoms with van der Waals surface area (Å²) < 4.78 is 1.42. The van der Waals surface area contributed by atoms with Crippen LogP contribution in [0.4, 0.5) is 0 Å². The molecule has 0 saturated heterocycles. The van der Waals surface area contributed by atoms with Crippen LogP contribution in [-0.4, -0.2) is 21.7 Å². The van der Waals surface area contributed by atoms with Crippen molar-refractivity contribution in [1.82, 2.24) is 15.0 Å². The minimum atomic E-state index is -0.594. The monoisotopic (exact) mass is 400 g/mol. The summed E-state index contributed by atoms with van der Waals surface area (Å²) in [7, 11) is 0. The maximum atomic E-state index is 12.6. The normalized spacial score (nSPS) is 10.9. The Morgan fingerprint density at radius 2 is 2.04 bits per heavy atom. The summed E-state index contributed by atoms with van der Waals surface area (Å²) in [6.07, 6.45) is 6.28. The molecule has 0 atom stereocenters. The SMILES string of the molecule is O=C(N/N=C\c1cccnc1)c1cccn(Cc2ccc(Cl)c(Cl)c2)c1=O. The molecule has 1 amide bonds. The second kappa shape index (κ2) is 8.62. The van der Waals surface area contributed by atoms with Crippen LogP contribution in [0.25, 0.3) is 0 Å². The van der Waals surface area contributed by atoms with Crippen LogP contribution in [0, 0.1) is 0 Å². The fourth-order valence-corrected chi connectivity index (χ4v) is 2.67. The van der Waals surface area contributed by atoms with Gasteiger partial charge >= 0.3 is 0 Å². The molecule has 27 heavy (non-hydrogen) atoms. The van der Waals surface area contributed by atoms with Gasteiger partial charge < -0.3 is 4.57 Å². The molecular weight excluding hydrogens is 387 g/mol. The van der Waals surface area contributed by atoms with Crippen LogP contribution < -0.4 is 11.0 Å². The van der Waals surface area contributed by atoms with Crippen molar-refractivity contribution in [3.63, 3.8) is 0 Å². The van der Waals surface area contributed by atoms with Crippen molar-refractivity contribution in [2.75, 3.05) is 0 Å². The molecule has 2 heterocycles. The molecule has 0 saturated carbocycles. The molecule has 1 aromatic carbocycles. The maximum absolute atomic E-state index is 12.6. The van der Waals surface area contributed by atoms with E-state index in [2.05, 4.69) is 15.5 Å². The van der Waals surface area contributed by atoms with Gasteiger partial charge in [0.2, 0.25) is 0 Å². The standard InChI is InChI=1S/C19H14Cl2N4O2/c20-16-6-5-13(9-17(16)21)12-25-8-2-4-15(19(25)27)18(26)24-23-11-14-3-1-7-22-10-14/h1-11H,12H2,(H,24,26)/b23-11-. The number of nitrogens with zero attached hydrogens (tertiary/aromatic N) is 3. The minimum absolute atomic E-state index is 0.0131. The largest absolute Gasteiger partial charge is 0.310 e. The van der Waals surface area contributed by atoms with Gasteiger partial charge in [-0.3, -0.25) is 14.6 Å². The molecule has 8 heteroatoms. The van der Waals surface area contributed by atoms with Crippen LogP contribution in [0.5, 0.6) is 0 Å². The maximum Gasteiger partial charge on any atom is 0.276 e. The first-order valence-electron chi connectivity index (χ1n) is 7.91. The van der Waals surface area contributed by atoms with Crippen LogP contribution in [0.15, 0.2) is 71.0 Å². The van der Waals surface area contributed by atoms with E-state index in [-0.39, 0.29) is 12.1 Å². The van der Waals surface area contributed by atoms with Crippen molar-refractivity contribution < 1.29 is 4.79 Å². The van der Waals surface area contributed by atoms with Crippen molar-refractivity contribution in [2.24, 2.45) is 5.10 Å². The number of halogens is 2. The number of hydrazone groups is 1. The third kappa shape index (κ3) is 4.81. The molecule has 0 aliphatic heterocycles. The summed E-state index contributed by atoms with van der Waals surface area (Å²) in [6, 6.07) is 11.7. The van der Waals surface area contributed by atoms with Crippen LogP contribution in [0.2, 0.25) is 10.0 Å². The lowest BCUT2D eigenvalue weighted by Crippen LogP contribution is -2.30. The Balaban J connectivity index is 1.75. The molecule has 6 nitrogen and oxygen atoms in total. The zero-order valence-corrected chi connectivity index (χ0v) is 15.5.